The number of anilines is 5. The lowest BCUT2D eigenvalue weighted by Crippen LogP contribution is -2.18. The van der Waals surface area contributed by atoms with Gasteiger partial charge in [-0.15, -0.1) is 11.3 Å². The zero-order valence-electron chi connectivity index (χ0n) is 13.6. The second-order valence-electron chi connectivity index (χ2n) is 4.99. The molecule has 3 rings (SSSR count). The summed E-state index contributed by atoms with van der Waals surface area (Å²) in [6, 6.07) is 7.07. The molecule has 8 nitrogen and oxygen atoms in total. The summed E-state index contributed by atoms with van der Waals surface area (Å²) in [5.74, 6) is 0.476. The Labute approximate surface area is 148 Å². The Balaban J connectivity index is 1.98. The van der Waals surface area contributed by atoms with Gasteiger partial charge in [-0.25, -0.2) is 19.7 Å². The van der Waals surface area contributed by atoms with E-state index in [4.69, 9.17) is 10.5 Å². The topological polar surface area (TPSA) is 106 Å². The molecule has 0 saturated carbocycles. The number of para-hydroxylation sites is 1. The fourth-order valence-corrected chi connectivity index (χ4v) is 2.83. The molecule has 0 bridgehead atoms. The van der Waals surface area contributed by atoms with Crippen LogP contribution < -0.4 is 16.0 Å². The predicted octanol–water partition coefficient (Wildman–Crippen LogP) is 2.81. The number of benzene rings is 1. The fraction of sp³-hybridized carbons (Fsp3) is 0.125. The average molecular weight is 356 g/mol. The summed E-state index contributed by atoms with van der Waals surface area (Å²) >= 11 is 1.43. The van der Waals surface area contributed by atoms with Crippen LogP contribution in [0.1, 0.15) is 10.4 Å². The Hall–Kier alpha value is -3.20. The standard InChI is InChI=1S/C16H16N6O2S/c1-22(11-6-4-3-5-10(11)15(23)24-2)14-12(17)13(19-9-20-14)21-16-18-7-8-25-16/h3-9H,17H2,1-2H3,(H,18,19,20,21). The summed E-state index contributed by atoms with van der Waals surface area (Å²) in [5.41, 5.74) is 7.62. The number of esters is 1. The van der Waals surface area contributed by atoms with Gasteiger partial charge in [0.1, 0.15) is 12.0 Å². The third-order valence-corrected chi connectivity index (χ3v) is 4.20. The van der Waals surface area contributed by atoms with Crippen molar-refractivity contribution >= 4 is 45.4 Å². The van der Waals surface area contributed by atoms with Gasteiger partial charge < -0.3 is 20.7 Å². The molecule has 0 radical (unpaired) electrons. The van der Waals surface area contributed by atoms with E-state index in [9.17, 15) is 4.79 Å². The van der Waals surface area contributed by atoms with Crippen LogP contribution in [0.15, 0.2) is 42.2 Å². The molecule has 0 saturated heterocycles. The van der Waals surface area contributed by atoms with Gasteiger partial charge in [0.2, 0.25) is 0 Å². The Morgan fingerprint density at radius 1 is 1.28 bits per heavy atom. The van der Waals surface area contributed by atoms with Crippen LogP contribution in [0.3, 0.4) is 0 Å². The van der Waals surface area contributed by atoms with Gasteiger partial charge in [0.25, 0.3) is 0 Å². The van der Waals surface area contributed by atoms with Crippen molar-refractivity contribution in [1.82, 2.24) is 15.0 Å². The normalized spacial score (nSPS) is 10.3. The highest BCUT2D eigenvalue weighted by Gasteiger charge is 2.19. The van der Waals surface area contributed by atoms with Gasteiger partial charge in [-0.3, -0.25) is 0 Å². The molecular formula is C16H16N6O2S. The van der Waals surface area contributed by atoms with Gasteiger partial charge in [0, 0.05) is 18.6 Å². The lowest BCUT2D eigenvalue weighted by atomic mass is 10.1. The maximum Gasteiger partial charge on any atom is 0.339 e. The first-order valence-corrected chi connectivity index (χ1v) is 8.18. The lowest BCUT2D eigenvalue weighted by Gasteiger charge is -2.22. The number of carbonyl (C=O) groups excluding carboxylic acids is 1. The lowest BCUT2D eigenvalue weighted by molar-refractivity contribution is 0.0601. The Morgan fingerprint density at radius 3 is 2.80 bits per heavy atom. The van der Waals surface area contributed by atoms with Crippen molar-refractivity contribution < 1.29 is 9.53 Å². The van der Waals surface area contributed by atoms with Crippen LogP contribution in [-0.4, -0.2) is 35.1 Å². The molecule has 0 fully saturated rings. The number of hydrogen-bond donors (Lipinski definition) is 2. The van der Waals surface area contributed by atoms with E-state index in [-0.39, 0.29) is 0 Å². The van der Waals surface area contributed by atoms with E-state index in [2.05, 4.69) is 20.3 Å². The maximum atomic E-state index is 12.0. The minimum atomic E-state index is -0.434. The Morgan fingerprint density at radius 2 is 2.08 bits per heavy atom. The van der Waals surface area contributed by atoms with Crippen LogP contribution in [-0.2, 0) is 4.74 Å². The molecule has 0 spiro atoms. The molecule has 0 atom stereocenters. The van der Waals surface area contributed by atoms with Crippen molar-refractivity contribution in [2.24, 2.45) is 0 Å². The Kier molecular flexibility index (Phi) is 4.75. The van der Waals surface area contributed by atoms with E-state index < -0.39 is 5.97 Å². The van der Waals surface area contributed by atoms with Crippen molar-refractivity contribution in [3.8, 4) is 0 Å². The molecule has 9 heteroatoms. The summed E-state index contributed by atoms with van der Waals surface area (Å²) in [6.07, 6.45) is 3.09. The zero-order valence-corrected chi connectivity index (χ0v) is 14.4. The third kappa shape index (κ3) is 3.36. The number of methoxy groups -OCH3 is 1. The van der Waals surface area contributed by atoms with Crippen molar-refractivity contribution in [3.63, 3.8) is 0 Å². The van der Waals surface area contributed by atoms with Gasteiger partial charge >= 0.3 is 5.97 Å². The molecule has 3 aromatic rings. The minimum absolute atomic E-state index is 0.347. The molecule has 0 aliphatic heterocycles. The number of ether oxygens (including phenoxy) is 1. The number of aromatic nitrogens is 3. The number of nitrogens with one attached hydrogen (secondary N) is 1. The van der Waals surface area contributed by atoms with E-state index >= 15 is 0 Å². The van der Waals surface area contributed by atoms with Crippen LogP contribution in [0.4, 0.5) is 28.1 Å². The van der Waals surface area contributed by atoms with Gasteiger partial charge in [0.05, 0.1) is 18.4 Å². The van der Waals surface area contributed by atoms with Gasteiger partial charge in [-0.1, -0.05) is 12.1 Å². The van der Waals surface area contributed by atoms with E-state index in [0.29, 0.717) is 33.7 Å². The van der Waals surface area contributed by atoms with Crippen LogP contribution in [0.5, 0.6) is 0 Å². The molecule has 128 valence electrons. The maximum absolute atomic E-state index is 12.0. The fourth-order valence-electron chi connectivity index (χ4n) is 2.30. The first-order chi connectivity index (χ1) is 12.1. The smallest absolute Gasteiger partial charge is 0.339 e. The monoisotopic (exact) mass is 356 g/mol. The second kappa shape index (κ2) is 7.14. The molecule has 2 heterocycles. The van der Waals surface area contributed by atoms with E-state index in [1.807, 2.05) is 11.4 Å². The number of nitrogens with two attached hydrogens (primary N) is 1. The SMILES string of the molecule is COC(=O)c1ccccc1N(C)c1ncnc(Nc2nccs2)c1N. The summed E-state index contributed by atoms with van der Waals surface area (Å²) in [4.78, 5) is 26.3. The number of hydrogen-bond acceptors (Lipinski definition) is 9. The number of nitrogen functional groups attached to an aromatic ring is 1. The highest BCUT2D eigenvalue weighted by molar-refractivity contribution is 7.13. The number of nitrogens with zero attached hydrogens (tertiary/aromatic N) is 4. The molecule has 25 heavy (non-hydrogen) atoms. The van der Waals surface area contributed by atoms with E-state index in [1.165, 1.54) is 24.8 Å². The molecule has 0 unspecified atom stereocenters. The highest BCUT2D eigenvalue weighted by atomic mass is 32.1. The highest BCUT2D eigenvalue weighted by Crippen LogP contribution is 2.33. The van der Waals surface area contributed by atoms with Gasteiger partial charge in [-0.05, 0) is 12.1 Å². The summed E-state index contributed by atoms with van der Waals surface area (Å²) in [5, 5.41) is 5.58. The summed E-state index contributed by atoms with van der Waals surface area (Å²) in [7, 11) is 3.11. The van der Waals surface area contributed by atoms with Crippen molar-refractivity contribution in [2.45, 2.75) is 0 Å². The number of rotatable bonds is 5. The van der Waals surface area contributed by atoms with Gasteiger partial charge in [-0.2, -0.15) is 0 Å². The van der Waals surface area contributed by atoms with E-state index in [0.717, 1.165) is 0 Å². The van der Waals surface area contributed by atoms with Crippen molar-refractivity contribution in [2.75, 3.05) is 30.1 Å². The predicted molar refractivity (Wildman–Crippen MR) is 97.7 cm³/mol. The second-order valence-corrected chi connectivity index (χ2v) is 5.88. The average Bonchev–Trinajstić information content (AvgIpc) is 3.15. The van der Waals surface area contributed by atoms with Crippen LogP contribution in [0.2, 0.25) is 0 Å². The largest absolute Gasteiger partial charge is 0.465 e. The third-order valence-electron chi connectivity index (χ3n) is 3.51. The summed E-state index contributed by atoms with van der Waals surface area (Å²) < 4.78 is 4.84. The first-order valence-electron chi connectivity index (χ1n) is 7.30. The number of carbonyl (C=O) groups is 1. The molecular weight excluding hydrogens is 340 g/mol. The molecule has 0 aliphatic rings. The van der Waals surface area contributed by atoms with E-state index in [1.54, 1.807) is 36.3 Å². The minimum Gasteiger partial charge on any atom is -0.465 e. The molecule has 0 amide bonds. The molecule has 0 aliphatic carbocycles. The quantitative estimate of drug-likeness (QED) is 0.672. The molecule has 3 N–H and O–H groups in total. The first kappa shape index (κ1) is 16.7. The Bertz CT molecular complexity index is 884. The van der Waals surface area contributed by atoms with Crippen LogP contribution in [0.25, 0.3) is 0 Å². The van der Waals surface area contributed by atoms with Crippen molar-refractivity contribution in [1.29, 1.82) is 0 Å². The molecule has 1 aromatic carbocycles. The summed E-state index contributed by atoms with van der Waals surface area (Å²) in [6.45, 7) is 0. The number of thiazole rings is 1. The van der Waals surface area contributed by atoms with Crippen LogP contribution >= 0.6 is 11.3 Å². The molecule has 2 aromatic heterocycles. The van der Waals surface area contributed by atoms with Crippen LogP contribution in [0, 0.1) is 0 Å². The zero-order chi connectivity index (χ0) is 17.8. The van der Waals surface area contributed by atoms with Gasteiger partial charge in [0.15, 0.2) is 16.8 Å². The van der Waals surface area contributed by atoms with Crippen molar-refractivity contribution in [3.05, 3.63) is 47.7 Å².